The fourth-order valence-corrected chi connectivity index (χ4v) is 1.55. The maximum absolute atomic E-state index is 12.0. The van der Waals surface area contributed by atoms with Gasteiger partial charge in [-0.05, 0) is 12.1 Å². The lowest BCUT2D eigenvalue weighted by atomic mass is 10.2. The van der Waals surface area contributed by atoms with Gasteiger partial charge < -0.3 is 15.2 Å². The van der Waals surface area contributed by atoms with Crippen LogP contribution in [-0.4, -0.2) is 45.9 Å². The van der Waals surface area contributed by atoms with Crippen LogP contribution in [0.3, 0.4) is 0 Å². The highest BCUT2D eigenvalue weighted by Crippen LogP contribution is 2.05. The monoisotopic (exact) mass is 288 g/mol. The molecule has 0 saturated heterocycles. The van der Waals surface area contributed by atoms with Crippen LogP contribution in [0.2, 0.25) is 0 Å². The molecule has 0 aliphatic rings. The molecule has 0 unspecified atom stereocenters. The number of H-pyrrole nitrogens is 1. The molecule has 2 aromatic rings. The molecule has 2 aromatic heterocycles. The van der Waals surface area contributed by atoms with Crippen LogP contribution >= 0.6 is 0 Å². The van der Waals surface area contributed by atoms with Gasteiger partial charge in [0.25, 0.3) is 5.91 Å². The molecule has 0 aliphatic carbocycles. The van der Waals surface area contributed by atoms with Crippen molar-refractivity contribution in [2.75, 3.05) is 19.4 Å². The summed E-state index contributed by atoms with van der Waals surface area (Å²) in [6.45, 7) is 0.249. The molecule has 0 spiro atoms. The number of carbonyl (C=O) groups is 2. The second kappa shape index (κ2) is 6.51. The molecule has 0 radical (unpaired) electrons. The zero-order valence-corrected chi connectivity index (χ0v) is 11.8. The number of urea groups is 1. The van der Waals surface area contributed by atoms with E-state index in [2.05, 4.69) is 25.6 Å². The SMILES string of the molecule is CN(C)C(=O)NCc1cc(C(=O)Nc2ncc[nH]2)ccn1. The molecule has 0 aliphatic heterocycles. The molecular weight excluding hydrogens is 272 g/mol. The topological polar surface area (TPSA) is 103 Å². The third-order valence-corrected chi connectivity index (χ3v) is 2.64. The first-order chi connectivity index (χ1) is 10.1. The number of aromatic amines is 1. The first-order valence-corrected chi connectivity index (χ1v) is 6.27. The van der Waals surface area contributed by atoms with Gasteiger partial charge >= 0.3 is 6.03 Å². The Kier molecular flexibility index (Phi) is 4.50. The fourth-order valence-electron chi connectivity index (χ4n) is 1.55. The van der Waals surface area contributed by atoms with Crippen LogP contribution in [0.25, 0.3) is 0 Å². The van der Waals surface area contributed by atoms with Crippen molar-refractivity contribution in [3.8, 4) is 0 Å². The number of hydrogen-bond acceptors (Lipinski definition) is 4. The molecule has 21 heavy (non-hydrogen) atoms. The van der Waals surface area contributed by atoms with E-state index in [1.807, 2.05) is 0 Å². The van der Waals surface area contributed by atoms with Crippen LogP contribution in [0.4, 0.5) is 10.7 Å². The quantitative estimate of drug-likeness (QED) is 0.775. The molecule has 2 heterocycles. The van der Waals surface area contributed by atoms with E-state index >= 15 is 0 Å². The van der Waals surface area contributed by atoms with Gasteiger partial charge in [-0.3, -0.25) is 15.1 Å². The van der Waals surface area contributed by atoms with E-state index in [0.29, 0.717) is 17.2 Å². The number of nitrogens with zero attached hydrogens (tertiary/aromatic N) is 3. The van der Waals surface area contributed by atoms with Crippen LogP contribution in [0.5, 0.6) is 0 Å². The van der Waals surface area contributed by atoms with Gasteiger partial charge in [0.1, 0.15) is 0 Å². The van der Waals surface area contributed by atoms with E-state index in [9.17, 15) is 9.59 Å². The average Bonchev–Trinajstić information content (AvgIpc) is 2.97. The lowest BCUT2D eigenvalue weighted by molar-refractivity contribution is 0.102. The van der Waals surface area contributed by atoms with Gasteiger partial charge in [0.15, 0.2) is 0 Å². The van der Waals surface area contributed by atoms with Crippen LogP contribution in [0.1, 0.15) is 16.1 Å². The van der Waals surface area contributed by atoms with Gasteiger partial charge in [-0.1, -0.05) is 0 Å². The van der Waals surface area contributed by atoms with Gasteiger partial charge in [-0.25, -0.2) is 9.78 Å². The van der Waals surface area contributed by atoms with Gasteiger partial charge in [-0.15, -0.1) is 0 Å². The van der Waals surface area contributed by atoms with E-state index in [4.69, 9.17) is 0 Å². The van der Waals surface area contributed by atoms with E-state index in [1.54, 1.807) is 38.6 Å². The largest absolute Gasteiger partial charge is 0.332 e. The summed E-state index contributed by atoms with van der Waals surface area (Å²) >= 11 is 0. The smallest absolute Gasteiger partial charge is 0.317 e. The molecule has 0 aromatic carbocycles. The molecule has 110 valence electrons. The Bertz CT molecular complexity index is 623. The van der Waals surface area contributed by atoms with Crippen molar-refractivity contribution < 1.29 is 9.59 Å². The number of aromatic nitrogens is 3. The minimum atomic E-state index is -0.299. The number of carbonyl (C=O) groups excluding carboxylic acids is 2. The third-order valence-electron chi connectivity index (χ3n) is 2.64. The third kappa shape index (κ3) is 4.03. The van der Waals surface area contributed by atoms with E-state index < -0.39 is 0 Å². The number of pyridine rings is 1. The van der Waals surface area contributed by atoms with Crippen LogP contribution in [0, 0.1) is 0 Å². The number of hydrogen-bond donors (Lipinski definition) is 3. The first kappa shape index (κ1) is 14.5. The zero-order chi connectivity index (χ0) is 15.2. The number of nitrogens with one attached hydrogen (secondary N) is 3. The summed E-state index contributed by atoms with van der Waals surface area (Å²) < 4.78 is 0. The Morgan fingerprint density at radius 3 is 2.76 bits per heavy atom. The molecular formula is C13H16N6O2. The Hall–Kier alpha value is -2.90. The minimum Gasteiger partial charge on any atom is -0.332 e. The summed E-state index contributed by atoms with van der Waals surface area (Å²) in [5, 5.41) is 5.30. The maximum atomic E-state index is 12.0. The minimum absolute atomic E-state index is 0.220. The van der Waals surface area contributed by atoms with Crippen molar-refractivity contribution in [1.29, 1.82) is 0 Å². The lowest BCUT2D eigenvalue weighted by Crippen LogP contribution is -2.34. The summed E-state index contributed by atoms with van der Waals surface area (Å²) in [6, 6.07) is 2.99. The molecule has 0 saturated carbocycles. The van der Waals surface area contributed by atoms with Crippen LogP contribution in [0.15, 0.2) is 30.7 Å². The van der Waals surface area contributed by atoms with Crippen molar-refractivity contribution in [2.45, 2.75) is 6.54 Å². The highest BCUT2D eigenvalue weighted by atomic mass is 16.2. The molecule has 2 rings (SSSR count). The molecule has 0 bridgehead atoms. The van der Waals surface area contributed by atoms with Gasteiger partial charge in [0.2, 0.25) is 5.95 Å². The summed E-state index contributed by atoms with van der Waals surface area (Å²) in [5.74, 6) is 0.0757. The molecule has 3 N–H and O–H groups in total. The van der Waals surface area contributed by atoms with Crippen LogP contribution in [-0.2, 0) is 6.54 Å². The summed E-state index contributed by atoms with van der Waals surface area (Å²) in [5.41, 5.74) is 1.03. The first-order valence-electron chi connectivity index (χ1n) is 6.27. The van der Waals surface area contributed by atoms with Gasteiger partial charge in [0, 0.05) is 38.2 Å². The summed E-state index contributed by atoms with van der Waals surface area (Å²) in [4.78, 5) is 35.7. The van der Waals surface area contributed by atoms with Crippen molar-refractivity contribution in [3.05, 3.63) is 42.0 Å². The number of anilines is 1. The van der Waals surface area contributed by atoms with Gasteiger partial charge in [0.05, 0.1) is 12.2 Å². The van der Waals surface area contributed by atoms with Crippen molar-refractivity contribution in [2.24, 2.45) is 0 Å². The number of rotatable bonds is 4. The molecule has 8 heteroatoms. The maximum Gasteiger partial charge on any atom is 0.317 e. The van der Waals surface area contributed by atoms with Gasteiger partial charge in [-0.2, -0.15) is 0 Å². The molecule has 0 fully saturated rings. The average molecular weight is 288 g/mol. The second-order valence-electron chi connectivity index (χ2n) is 4.48. The zero-order valence-electron chi connectivity index (χ0n) is 11.8. The lowest BCUT2D eigenvalue weighted by Gasteiger charge is -2.11. The van der Waals surface area contributed by atoms with Crippen molar-refractivity contribution in [1.82, 2.24) is 25.2 Å². The Morgan fingerprint density at radius 1 is 1.29 bits per heavy atom. The Balaban J connectivity index is 2.00. The summed E-state index contributed by atoms with van der Waals surface area (Å²) in [6.07, 6.45) is 4.68. The molecule has 8 nitrogen and oxygen atoms in total. The highest BCUT2D eigenvalue weighted by Gasteiger charge is 2.09. The normalized spacial score (nSPS) is 10.0. The Labute approximate surface area is 121 Å². The Morgan fingerprint density at radius 2 is 2.10 bits per heavy atom. The van der Waals surface area contributed by atoms with Crippen LogP contribution < -0.4 is 10.6 Å². The van der Waals surface area contributed by atoms with E-state index in [1.165, 1.54) is 11.1 Å². The predicted octanol–water partition coefficient (Wildman–Crippen LogP) is 0.828. The number of imidazole rings is 1. The standard InChI is InChI=1S/C13H16N6O2/c1-19(2)13(21)17-8-10-7-9(3-4-14-10)11(20)18-12-15-5-6-16-12/h3-7H,8H2,1-2H3,(H,17,21)(H2,15,16,18,20). The fraction of sp³-hybridized carbons (Fsp3) is 0.231. The molecule has 3 amide bonds. The van der Waals surface area contributed by atoms with Crippen molar-refractivity contribution >= 4 is 17.9 Å². The highest BCUT2D eigenvalue weighted by molar-refractivity contribution is 6.03. The summed E-state index contributed by atoms with van der Waals surface area (Å²) in [7, 11) is 3.30. The second-order valence-corrected chi connectivity index (χ2v) is 4.48. The van der Waals surface area contributed by atoms with E-state index in [0.717, 1.165) is 0 Å². The number of amides is 3. The van der Waals surface area contributed by atoms with E-state index in [-0.39, 0.29) is 18.5 Å². The van der Waals surface area contributed by atoms with Crippen molar-refractivity contribution in [3.63, 3.8) is 0 Å². The predicted molar refractivity (Wildman–Crippen MR) is 76.7 cm³/mol. The molecule has 0 atom stereocenters.